The number of rotatable bonds is 5. The number of nitrogens with zero attached hydrogens (tertiary/aromatic N) is 1. The highest BCUT2D eigenvalue weighted by Gasteiger charge is 2.18. The molecule has 0 fully saturated rings. The third-order valence-electron chi connectivity index (χ3n) is 3.79. The van der Waals surface area contributed by atoms with Crippen molar-refractivity contribution in [2.45, 2.75) is 13.8 Å². The lowest BCUT2D eigenvalue weighted by Gasteiger charge is -2.14. The van der Waals surface area contributed by atoms with Crippen molar-refractivity contribution in [3.8, 4) is 0 Å². The van der Waals surface area contributed by atoms with Crippen molar-refractivity contribution in [3.63, 3.8) is 0 Å². The van der Waals surface area contributed by atoms with Crippen molar-refractivity contribution in [2.75, 3.05) is 5.32 Å². The summed E-state index contributed by atoms with van der Waals surface area (Å²) in [5, 5.41) is 15.6. The lowest BCUT2D eigenvalue weighted by molar-refractivity contribution is -0.118. The molecule has 0 saturated heterocycles. The Hall–Kier alpha value is -3.88. The first-order chi connectivity index (χ1) is 13.7. The zero-order valence-electron chi connectivity index (χ0n) is 15.8. The number of anilines is 1. The summed E-state index contributed by atoms with van der Waals surface area (Å²) in [4.78, 5) is 27.2. The number of benzene rings is 1. The molecule has 0 unspecified atom stereocenters. The Morgan fingerprint density at radius 2 is 1.97 bits per heavy atom. The van der Waals surface area contributed by atoms with E-state index in [0.717, 1.165) is 6.07 Å². The lowest BCUT2D eigenvalue weighted by Crippen LogP contribution is -2.28. The molecule has 0 radical (unpaired) electrons. The van der Waals surface area contributed by atoms with Gasteiger partial charge in [-0.2, -0.15) is 0 Å². The van der Waals surface area contributed by atoms with Crippen molar-refractivity contribution in [1.82, 2.24) is 10.6 Å². The number of nitrogens with one attached hydrogen (secondary N) is 4. The van der Waals surface area contributed by atoms with E-state index in [-0.39, 0.29) is 17.2 Å². The second-order valence-corrected chi connectivity index (χ2v) is 5.98. The Kier molecular flexibility index (Phi) is 6.91. The number of hydrogen-bond donors (Lipinski definition) is 4. The lowest BCUT2D eigenvalue weighted by atomic mass is 10.0. The number of amidine groups is 1. The topological polar surface area (TPSA) is 106 Å². The monoisotopic (exact) mass is 399 g/mol. The molecule has 0 bridgehead atoms. The number of allylic oxidation sites excluding steroid dienone is 5. The second-order valence-electron chi connectivity index (χ2n) is 5.98. The van der Waals surface area contributed by atoms with Gasteiger partial charge >= 0.3 is 0 Å². The van der Waals surface area contributed by atoms with E-state index >= 15 is 0 Å². The molecule has 2 amide bonds. The summed E-state index contributed by atoms with van der Waals surface area (Å²) in [5.41, 5.74) is 0.642. The minimum absolute atomic E-state index is 0.199. The van der Waals surface area contributed by atoms with E-state index in [1.54, 1.807) is 25.3 Å². The maximum absolute atomic E-state index is 13.8. The highest BCUT2D eigenvalue weighted by Crippen LogP contribution is 2.20. The normalized spacial score (nSPS) is 15.0. The maximum atomic E-state index is 13.8. The molecule has 1 aromatic carbocycles. The zero-order valence-corrected chi connectivity index (χ0v) is 15.8. The number of dihydropyridines is 1. The van der Waals surface area contributed by atoms with Gasteiger partial charge in [0, 0.05) is 13.1 Å². The molecule has 0 saturated carbocycles. The van der Waals surface area contributed by atoms with Crippen LogP contribution in [0.25, 0.3) is 0 Å². The van der Waals surface area contributed by atoms with Crippen molar-refractivity contribution in [3.05, 3.63) is 76.8 Å². The summed E-state index contributed by atoms with van der Waals surface area (Å²) >= 11 is 0. The average Bonchev–Trinajstić information content (AvgIpc) is 2.68. The van der Waals surface area contributed by atoms with Gasteiger partial charge in [0.2, 0.25) is 5.91 Å². The first kappa shape index (κ1) is 21.4. The van der Waals surface area contributed by atoms with Crippen molar-refractivity contribution >= 4 is 30.1 Å². The van der Waals surface area contributed by atoms with E-state index in [9.17, 15) is 18.4 Å². The van der Waals surface area contributed by atoms with Gasteiger partial charge < -0.3 is 16.0 Å². The molecular formula is C20H19F2N5O2. The summed E-state index contributed by atoms with van der Waals surface area (Å²) in [6, 6.07) is 3.37. The molecule has 29 heavy (non-hydrogen) atoms. The van der Waals surface area contributed by atoms with Crippen LogP contribution in [0.1, 0.15) is 13.8 Å². The highest BCUT2D eigenvalue weighted by molar-refractivity contribution is 6.24. The van der Waals surface area contributed by atoms with Gasteiger partial charge in [0.05, 0.1) is 11.3 Å². The predicted octanol–water partition coefficient (Wildman–Crippen LogP) is 2.92. The number of hydrogen-bond acceptors (Lipinski definition) is 4. The van der Waals surface area contributed by atoms with Crippen LogP contribution in [-0.2, 0) is 9.59 Å². The molecule has 0 aliphatic carbocycles. The zero-order chi connectivity index (χ0) is 21.6. The van der Waals surface area contributed by atoms with Crippen LogP contribution < -0.4 is 16.0 Å². The fraction of sp³-hybridized carbons (Fsp3) is 0.100. The minimum atomic E-state index is -1.21. The Bertz CT molecular complexity index is 1010. The van der Waals surface area contributed by atoms with Gasteiger partial charge in [-0.1, -0.05) is 6.07 Å². The average molecular weight is 399 g/mol. The van der Waals surface area contributed by atoms with E-state index in [1.165, 1.54) is 25.1 Å². The standard InChI is InChI=1S/C20H19F2N5O2/c1-11(13-7-8-25-17(10-13)26-12(2)28)9-14(19(23)24-3)20(29)27-16-6-4-5-15(21)18(16)22/h4-10,23,25H,3H2,1-2H3,(H,26,28)(H,27,29). The van der Waals surface area contributed by atoms with Crippen LogP contribution in [0.15, 0.2) is 70.2 Å². The third kappa shape index (κ3) is 5.55. The second kappa shape index (κ2) is 9.36. The number of halogens is 2. The molecule has 9 heteroatoms. The summed E-state index contributed by atoms with van der Waals surface area (Å²) in [6.07, 6.45) is 6.30. The van der Waals surface area contributed by atoms with Crippen LogP contribution in [0.3, 0.4) is 0 Å². The summed E-state index contributed by atoms with van der Waals surface area (Å²) in [6.45, 7) is 6.28. The smallest absolute Gasteiger partial charge is 0.259 e. The van der Waals surface area contributed by atoms with Crippen molar-refractivity contribution in [1.29, 1.82) is 5.41 Å². The molecule has 2 rings (SSSR count). The Balaban J connectivity index is 2.39. The SMILES string of the molecule is C=NC(=N)C(=CC(C)=C1C=CNC(NC(C)=O)=C1)C(=O)Nc1cccc(F)c1F. The summed E-state index contributed by atoms with van der Waals surface area (Å²) in [7, 11) is 0. The molecule has 0 atom stereocenters. The van der Waals surface area contributed by atoms with Crippen LogP contribution >= 0.6 is 0 Å². The maximum Gasteiger partial charge on any atom is 0.259 e. The van der Waals surface area contributed by atoms with Gasteiger partial charge in [-0.25, -0.2) is 13.8 Å². The molecule has 0 aromatic heterocycles. The number of amides is 2. The molecule has 1 aliphatic heterocycles. The fourth-order valence-electron chi connectivity index (χ4n) is 2.39. The van der Waals surface area contributed by atoms with E-state index in [0.29, 0.717) is 17.0 Å². The molecule has 7 nitrogen and oxygen atoms in total. The first-order valence-electron chi connectivity index (χ1n) is 8.39. The molecule has 150 valence electrons. The van der Waals surface area contributed by atoms with Crippen LogP contribution in [0, 0.1) is 17.0 Å². The van der Waals surface area contributed by atoms with E-state index in [4.69, 9.17) is 5.41 Å². The molecule has 1 aromatic rings. The van der Waals surface area contributed by atoms with Crippen LogP contribution in [-0.4, -0.2) is 24.4 Å². The quantitative estimate of drug-likeness (QED) is 0.347. The van der Waals surface area contributed by atoms with E-state index in [2.05, 4.69) is 27.7 Å². The number of aliphatic imine (C=N–C) groups is 1. The number of carbonyl (C=O) groups excluding carboxylic acids is 2. The van der Waals surface area contributed by atoms with Crippen molar-refractivity contribution < 1.29 is 18.4 Å². The summed E-state index contributed by atoms with van der Waals surface area (Å²) < 4.78 is 27.2. The Morgan fingerprint density at radius 3 is 2.62 bits per heavy atom. The Labute approximate surface area is 166 Å². The van der Waals surface area contributed by atoms with Crippen LogP contribution in [0.4, 0.5) is 14.5 Å². The van der Waals surface area contributed by atoms with Gasteiger partial charge in [-0.15, -0.1) is 0 Å². The van der Waals surface area contributed by atoms with Crippen molar-refractivity contribution in [2.24, 2.45) is 4.99 Å². The molecule has 4 N–H and O–H groups in total. The van der Waals surface area contributed by atoms with Crippen LogP contribution in [0.2, 0.25) is 0 Å². The largest absolute Gasteiger partial charge is 0.348 e. The number of carbonyl (C=O) groups is 2. The summed E-state index contributed by atoms with van der Waals surface area (Å²) in [5.74, 6) is -3.44. The molecule has 1 aliphatic rings. The molecule has 0 spiro atoms. The van der Waals surface area contributed by atoms with Gasteiger partial charge in [-0.05, 0) is 55.1 Å². The van der Waals surface area contributed by atoms with Crippen LogP contribution in [0.5, 0.6) is 0 Å². The highest BCUT2D eigenvalue weighted by atomic mass is 19.2. The molecular weight excluding hydrogens is 380 g/mol. The van der Waals surface area contributed by atoms with E-state index in [1.807, 2.05) is 0 Å². The minimum Gasteiger partial charge on any atom is -0.348 e. The first-order valence-corrected chi connectivity index (χ1v) is 8.39. The fourth-order valence-corrected chi connectivity index (χ4v) is 2.39. The van der Waals surface area contributed by atoms with Gasteiger partial charge in [0.15, 0.2) is 17.5 Å². The predicted molar refractivity (Wildman–Crippen MR) is 107 cm³/mol. The Morgan fingerprint density at radius 1 is 1.24 bits per heavy atom. The molecule has 1 heterocycles. The van der Waals surface area contributed by atoms with E-state index < -0.39 is 23.4 Å². The van der Waals surface area contributed by atoms with Gasteiger partial charge in [0.25, 0.3) is 5.91 Å². The third-order valence-corrected chi connectivity index (χ3v) is 3.79. The van der Waals surface area contributed by atoms with Gasteiger partial charge in [0.1, 0.15) is 5.82 Å². The van der Waals surface area contributed by atoms with Gasteiger partial charge in [-0.3, -0.25) is 15.0 Å².